The highest BCUT2D eigenvalue weighted by atomic mass is 16.6. The molecule has 146 valence electrons. The normalized spacial score (nSPS) is 30.6. The van der Waals surface area contributed by atoms with E-state index in [1.54, 1.807) is 0 Å². The summed E-state index contributed by atoms with van der Waals surface area (Å²) in [4.78, 5) is 11.9. The Morgan fingerprint density at radius 1 is 1.16 bits per heavy atom. The highest BCUT2D eigenvalue weighted by Gasteiger charge is 2.61. The fourth-order valence-electron chi connectivity index (χ4n) is 4.66. The number of hydrogen-bond acceptors (Lipinski definition) is 4. The molecule has 2 fully saturated rings. The molecule has 0 aliphatic heterocycles. The van der Waals surface area contributed by atoms with Crippen molar-refractivity contribution in [1.82, 2.24) is 0 Å². The van der Waals surface area contributed by atoms with Gasteiger partial charge in [0.25, 0.3) is 0 Å². The van der Waals surface area contributed by atoms with Crippen LogP contribution in [0.3, 0.4) is 0 Å². The molecule has 2 aliphatic carbocycles. The molecule has 0 N–H and O–H groups in total. The number of rotatable bonds is 10. The molecular weight excluding hydrogens is 318 g/mol. The number of carbonyl (C=O) groups excluding carboxylic acids is 1. The molecule has 25 heavy (non-hydrogen) atoms. The van der Waals surface area contributed by atoms with Crippen molar-refractivity contribution in [2.45, 2.75) is 53.1 Å². The molecule has 0 aromatic heterocycles. The van der Waals surface area contributed by atoms with Gasteiger partial charge in [-0.3, -0.25) is 0 Å². The van der Waals surface area contributed by atoms with Crippen LogP contribution in [-0.4, -0.2) is 70.2 Å². The molecule has 2 aliphatic rings. The maximum Gasteiger partial charge on any atom is 0.361 e. The quantitative estimate of drug-likeness (QED) is 0.343. The van der Waals surface area contributed by atoms with Crippen molar-refractivity contribution in [3.05, 3.63) is 0 Å². The summed E-state index contributed by atoms with van der Waals surface area (Å²) in [5.74, 6) is 0.628. The Balaban J connectivity index is 1.71. The molecule has 0 unspecified atom stereocenters. The van der Waals surface area contributed by atoms with Crippen molar-refractivity contribution in [3.8, 4) is 0 Å². The smallest absolute Gasteiger partial charge is 0.361 e. The number of hydrogen-bond donors (Lipinski definition) is 0. The molecule has 0 radical (unpaired) electrons. The van der Waals surface area contributed by atoms with Crippen molar-refractivity contribution in [2.24, 2.45) is 16.7 Å². The zero-order valence-corrected chi connectivity index (χ0v) is 17.1. The molecule has 0 saturated heterocycles. The zero-order valence-electron chi connectivity index (χ0n) is 17.1. The molecule has 2 saturated carbocycles. The predicted octanol–water partition coefficient (Wildman–Crippen LogP) is 2.87. The summed E-state index contributed by atoms with van der Waals surface area (Å²) >= 11 is 0. The third-order valence-corrected chi connectivity index (χ3v) is 6.98. The Labute approximate surface area is 153 Å². The molecular formula is C20H38NO4+. The van der Waals surface area contributed by atoms with Gasteiger partial charge in [0.1, 0.15) is 13.2 Å². The number of likely N-dealkylation sites (N-methyl/N-ethyl adjacent to an activating group) is 1. The molecule has 0 amide bonds. The number of fused-ring (bicyclic) bond motifs is 2. The Bertz CT molecular complexity index is 463. The first-order valence-electron chi connectivity index (χ1n) is 9.79. The standard InChI is InChI=1S/C20H38NO4/c1-7-23-12-13-25-18(22)15-21(5,6)10-11-24-17-14-16-8-9-20(17,4)19(16,2)3/h16-17H,7-15H2,1-6H3/q+1/t16-,17+,20-/m0/s1. The Kier molecular flexibility index (Phi) is 6.55. The van der Waals surface area contributed by atoms with Crippen molar-refractivity contribution in [1.29, 1.82) is 0 Å². The fourth-order valence-corrected chi connectivity index (χ4v) is 4.66. The van der Waals surface area contributed by atoms with Crippen LogP contribution >= 0.6 is 0 Å². The number of quaternary nitrogens is 1. The van der Waals surface area contributed by atoms with Crippen molar-refractivity contribution < 1.29 is 23.5 Å². The molecule has 0 heterocycles. The van der Waals surface area contributed by atoms with E-state index in [-0.39, 0.29) is 5.97 Å². The minimum atomic E-state index is -0.169. The van der Waals surface area contributed by atoms with Gasteiger partial charge < -0.3 is 18.7 Å². The van der Waals surface area contributed by atoms with E-state index in [4.69, 9.17) is 14.2 Å². The lowest BCUT2D eigenvalue weighted by Crippen LogP contribution is -2.47. The molecule has 5 nitrogen and oxygen atoms in total. The topological polar surface area (TPSA) is 44.8 Å². The SMILES string of the molecule is CCOCCOC(=O)C[N+](C)(C)CCO[C@@H]1C[C@@H]2CC[C@]1(C)C2(C)C. The summed E-state index contributed by atoms with van der Waals surface area (Å²) in [5.41, 5.74) is 0.680. The second-order valence-electron chi connectivity index (χ2n) is 9.20. The van der Waals surface area contributed by atoms with Crippen LogP contribution in [0.25, 0.3) is 0 Å². The van der Waals surface area contributed by atoms with E-state index in [0.717, 1.165) is 12.5 Å². The maximum atomic E-state index is 11.9. The minimum Gasteiger partial charge on any atom is -0.459 e. The van der Waals surface area contributed by atoms with Gasteiger partial charge in [-0.15, -0.1) is 0 Å². The summed E-state index contributed by atoms with van der Waals surface area (Å²) in [5, 5.41) is 0. The number of carbonyl (C=O) groups is 1. The van der Waals surface area contributed by atoms with Gasteiger partial charge in [0, 0.05) is 6.61 Å². The fraction of sp³-hybridized carbons (Fsp3) is 0.950. The van der Waals surface area contributed by atoms with Crippen LogP contribution in [0.4, 0.5) is 0 Å². The van der Waals surface area contributed by atoms with Crippen LogP contribution in [0, 0.1) is 16.7 Å². The van der Waals surface area contributed by atoms with Gasteiger partial charge in [0.2, 0.25) is 0 Å². The number of nitrogens with zero attached hydrogens (tertiary/aromatic N) is 1. The first-order chi connectivity index (χ1) is 11.6. The van der Waals surface area contributed by atoms with E-state index in [1.807, 2.05) is 6.92 Å². The van der Waals surface area contributed by atoms with E-state index in [1.165, 1.54) is 19.3 Å². The second kappa shape index (κ2) is 7.93. The first-order valence-corrected chi connectivity index (χ1v) is 9.79. The lowest BCUT2D eigenvalue weighted by Gasteiger charge is -2.39. The van der Waals surface area contributed by atoms with Crippen LogP contribution in [0.5, 0.6) is 0 Å². The Morgan fingerprint density at radius 2 is 1.88 bits per heavy atom. The molecule has 0 spiro atoms. The van der Waals surface area contributed by atoms with Gasteiger partial charge in [-0.2, -0.15) is 0 Å². The third kappa shape index (κ3) is 4.55. The highest BCUT2D eigenvalue weighted by Crippen LogP contribution is 2.66. The minimum absolute atomic E-state index is 0.169. The molecule has 5 heteroatoms. The van der Waals surface area contributed by atoms with Gasteiger partial charge in [-0.05, 0) is 42.9 Å². The molecule has 2 bridgehead atoms. The van der Waals surface area contributed by atoms with Crippen LogP contribution in [-0.2, 0) is 19.0 Å². The van der Waals surface area contributed by atoms with Crippen LogP contribution in [0.15, 0.2) is 0 Å². The maximum absolute atomic E-state index is 11.9. The van der Waals surface area contributed by atoms with E-state index < -0.39 is 0 Å². The van der Waals surface area contributed by atoms with E-state index in [2.05, 4.69) is 34.9 Å². The van der Waals surface area contributed by atoms with E-state index in [0.29, 0.717) is 54.4 Å². The number of ether oxygens (including phenoxy) is 3. The molecule has 0 aromatic rings. The Morgan fingerprint density at radius 3 is 2.44 bits per heavy atom. The molecule has 0 aromatic carbocycles. The summed E-state index contributed by atoms with van der Waals surface area (Å²) in [6, 6.07) is 0. The van der Waals surface area contributed by atoms with E-state index in [9.17, 15) is 4.79 Å². The largest absolute Gasteiger partial charge is 0.459 e. The average Bonchev–Trinajstić information content (AvgIpc) is 2.84. The van der Waals surface area contributed by atoms with Gasteiger partial charge >= 0.3 is 5.97 Å². The first kappa shape index (κ1) is 20.7. The second-order valence-corrected chi connectivity index (χ2v) is 9.20. The van der Waals surface area contributed by atoms with Crippen LogP contribution in [0.2, 0.25) is 0 Å². The Hall–Kier alpha value is -0.650. The lowest BCUT2D eigenvalue weighted by molar-refractivity contribution is -0.883. The van der Waals surface area contributed by atoms with Crippen LogP contribution in [0.1, 0.15) is 47.0 Å². The van der Waals surface area contributed by atoms with Crippen molar-refractivity contribution >= 4 is 5.97 Å². The molecule has 3 atom stereocenters. The van der Waals surface area contributed by atoms with Gasteiger partial charge in [0.05, 0.1) is 33.4 Å². The van der Waals surface area contributed by atoms with Crippen LogP contribution < -0.4 is 0 Å². The van der Waals surface area contributed by atoms with E-state index >= 15 is 0 Å². The summed E-state index contributed by atoms with van der Waals surface area (Å²) in [6.07, 6.45) is 4.17. The zero-order chi connectivity index (χ0) is 18.7. The highest BCUT2D eigenvalue weighted by molar-refractivity contribution is 5.70. The summed E-state index contributed by atoms with van der Waals surface area (Å²) in [7, 11) is 4.11. The average molecular weight is 357 g/mol. The monoisotopic (exact) mass is 356 g/mol. The summed E-state index contributed by atoms with van der Waals surface area (Å²) < 4.78 is 17.3. The summed E-state index contributed by atoms with van der Waals surface area (Å²) in [6.45, 7) is 12.5. The van der Waals surface area contributed by atoms with Gasteiger partial charge in [-0.1, -0.05) is 20.8 Å². The third-order valence-electron chi connectivity index (χ3n) is 6.98. The van der Waals surface area contributed by atoms with Gasteiger partial charge in [-0.25, -0.2) is 4.79 Å². The lowest BCUT2D eigenvalue weighted by atomic mass is 9.70. The number of esters is 1. The predicted molar refractivity (Wildman–Crippen MR) is 98.3 cm³/mol. The van der Waals surface area contributed by atoms with Crippen molar-refractivity contribution in [2.75, 3.05) is 53.6 Å². The van der Waals surface area contributed by atoms with Gasteiger partial charge in [0.15, 0.2) is 6.54 Å². The van der Waals surface area contributed by atoms with Crippen molar-refractivity contribution in [3.63, 3.8) is 0 Å². The molecule has 2 rings (SSSR count).